The van der Waals surface area contributed by atoms with Gasteiger partial charge in [-0.05, 0) is 41.8 Å². The first-order valence-corrected chi connectivity index (χ1v) is 14.2. The van der Waals surface area contributed by atoms with Crippen LogP contribution in [-0.4, -0.2) is 46.5 Å². The van der Waals surface area contributed by atoms with Gasteiger partial charge >= 0.3 is 22.5 Å². The Morgan fingerprint density at radius 2 is 1.12 bits per heavy atom. The predicted octanol–water partition coefficient (Wildman–Crippen LogP) is 7.76. The third-order valence-electron chi connectivity index (χ3n) is 6.15. The largest absolute Gasteiger partial charge is 0.497 e. The van der Waals surface area contributed by atoms with Gasteiger partial charge in [0.1, 0.15) is 23.3 Å². The number of alkyl halides is 6. The Morgan fingerprint density at radius 1 is 0.725 bits per heavy atom. The first-order valence-electron chi connectivity index (χ1n) is 12.6. The van der Waals surface area contributed by atoms with Crippen LogP contribution in [0.4, 0.5) is 26.3 Å². The molecule has 0 N–H and O–H groups in total. The quantitative estimate of drug-likeness (QED) is 0.0908. The van der Waals surface area contributed by atoms with Gasteiger partial charge in [0.2, 0.25) is 0 Å². The van der Waals surface area contributed by atoms with Crippen molar-refractivity contribution in [3.63, 3.8) is 0 Å². The summed E-state index contributed by atoms with van der Waals surface area (Å²) in [5.74, 6) is -6.16. The van der Waals surface area contributed by atoms with Crippen LogP contribution in [0, 0.1) is 0 Å². The van der Waals surface area contributed by atoms with Crippen molar-refractivity contribution in [1.82, 2.24) is 0 Å². The van der Waals surface area contributed by atoms with Crippen LogP contribution in [0.5, 0.6) is 11.5 Å². The van der Waals surface area contributed by atoms with E-state index >= 15 is 0 Å². The van der Waals surface area contributed by atoms with Gasteiger partial charge < -0.3 is 9.47 Å². The van der Waals surface area contributed by atoms with Gasteiger partial charge in [0.15, 0.2) is 0 Å². The topological polar surface area (TPSA) is 74.2 Å². The number of oxime groups is 1. The molecule has 0 saturated carbocycles. The van der Waals surface area contributed by atoms with Crippen LogP contribution in [0.3, 0.4) is 0 Å². The lowest BCUT2D eigenvalue weighted by Gasteiger charge is -2.29. The fraction of sp³-hybridized carbons (Fsp3) is 0.519. The smallest absolute Gasteiger partial charge is 0.401 e. The number of hydrogen-bond donors (Lipinski definition) is 0. The number of rotatable bonds is 15. The van der Waals surface area contributed by atoms with Crippen molar-refractivity contribution in [3.05, 3.63) is 59.7 Å². The molecule has 2 rings (SSSR count). The number of benzene rings is 2. The summed E-state index contributed by atoms with van der Waals surface area (Å²) in [6.07, 6.45) is -6.41. The summed E-state index contributed by atoms with van der Waals surface area (Å²) in [6.45, 7) is 2.01. The fourth-order valence-electron chi connectivity index (χ4n) is 4.12. The second-order valence-corrected chi connectivity index (χ2v) is 10.8. The summed E-state index contributed by atoms with van der Waals surface area (Å²) in [7, 11) is -2.03. The molecule has 0 heterocycles. The van der Waals surface area contributed by atoms with Crippen molar-refractivity contribution in [3.8, 4) is 11.5 Å². The van der Waals surface area contributed by atoms with Gasteiger partial charge in [0.25, 0.3) is 0 Å². The Bertz CT molecular complexity index is 1110. The van der Waals surface area contributed by atoms with Gasteiger partial charge in [0, 0.05) is 0 Å². The van der Waals surface area contributed by atoms with Gasteiger partial charge in [-0.15, -0.1) is 0 Å². The average molecular weight is 598 g/mol. The molecule has 2 aromatic rings. The standard InChI is InChI=1S/C27H33F6NO5S/c1-4-5-6-7-8-9-18-40(35,36)39-34-25(23(26(28,29)30)19-10-14-21(37-2)15-11-19)24(27(31,32)33)20-12-16-22(38-3)17-13-20/h10-17,23-24H,4-9,18H2,1-3H3. The van der Waals surface area contributed by atoms with Gasteiger partial charge in [-0.25, -0.2) is 0 Å². The molecule has 0 aromatic heterocycles. The maximum Gasteiger partial charge on any atom is 0.401 e. The summed E-state index contributed by atoms with van der Waals surface area (Å²) in [5.41, 5.74) is -2.78. The zero-order valence-electron chi connectivity index (χ0n) is 22.4. The zero-order chi connectivity index (χ0) is 30.0. The Balaban J connectivity index is 2.60. The molecular weight excluding hydrogens is 564 g/mol. The molecule has 0 bridgehead atoms. The van der Waals surface area contributed by atoms with Crippen molar-refractivity contribution in [2.24, 2.45) is 5.16 Å². The van der Waals surface area contributed by atoms with Crippen LogP contribution in [0.25, 0.3) is 0 Å². The minimum Gasteiger partial charge on any atom is -0.497 e. The normalized spacial score (nSPS) is 13.8. The highest BCUT2D eigenvalue weighted by Gasteiger charge is 2.54. The van der Waals surface area contributed by atoms with Crippen LogP contribution < -0.4 is 9.47 Å². The SMILES string of the molecule is CCCCCCCCS(=O)(=O)ON=C(C(c1ccc(OC)cc1)C(F)(F)F)C(c1ccc(OC)cc1)C(F)(F)F. The maximum atomic E-state index is 14.5. The Kier molecular flexibility index (Phi) is 12.1. The van der Waals surface area contributed by atoms with E-state index in [9.17, 15) is 34.8 Å². The average Bonchev–Trinajstić information content (AvgIpc) is 2.88. The Labute approximate surface area is 230 Å². The van der Waals surface area contributed by atoms with Gasteiger partial charge in [0.05, 0.1) is 25.7 Å². The molecule has 0 aliphatic carbocycles. The molecule has 0 radical (unpaired) electrons. The summed E-state index contributed by atoms with van der Waals surface area (Å²) in [5, 5.41) is 3.12. The Morgan fingerprint density at radius 3 is 1.50 bits per heavy atom. The lowest BCUT2D eigenvalue weighted by atomic mass is 9.82. The van der Waals surface area contributed by atoms with Crippen molar-refractivity contribution in [2.75, 3.05) is 20.0 Å². The second-order valence-electron chi connectivity index (χ2n) is 9.12. The molecule has 0 aliphatic rings. The van der Waals surface area contributed by atoms with Gasteiger partial charge in [-0.2, -0.15) is 34.8 Å². The minimum atomic E-state index is -5.30. The highest BCUT2D eigenvalue weighted by Crippen LogP contribution is 2.46. The third kappa shape index (κ3) is 9.90. The monoisotopic (exact) mass is 597 g/mol. The van der Waals surface area contributed by atoms with E-state index in [1.807, 2.05) is 6.92 Å². The number of ether oxygens (including phenoxy) is 2. The first kappa shape index (κ1) is 33.2. The van der Waals surface area contributed by atoms with E-state index in [4.69, 9.17) is 9.47 Å². The van der Waals surface area contributed by atoms with Crippen molar-refractivity contribution < 1.29 is 48.5 Å². The van der Waals surface area contributed by atoms with Crippen LogP contribution in [0.15, 0.2) is 53.7 Å². The van der Waals surface area contributed by atoms with Crippen molar-refractivity contribution >= 4 is 15.8 Å². The molecule has 40 heavy (non-hydrogen) atoms. The first-order chi connectivity index (χ1) is 18.7. The zero-order valence-corrected chi connectivity index (χ0v) is 23.2. The number of methoxy groups -OCH3 is 2. The lowest BCUT2D eigenvalue weighted by molar-refractivity contribution is -0.148. The Hall–Kier alpha value is -2.96. The molecule has 2 atom stereocenters. The molecule has 224 valence electrons. The molecule has 2 unspecified atom stereocenters. The molecular formula is C27H33F6NO5S. The molecule has 0 saturated heterocycles. The third-order valence-corrected chi connectivity index (χ3v) is 7.24. The van der Waals surface area contributed by atoms with Gasteiger partial charge in [-0.1, -0.05) is 68.4 Å². The molecule has 0 amide bonds. The molecule has 0 aliphatic heterocycles. The van der Waals surface area contributed by atoms with Crippen LogP contribution >= 0.6 is 0 Å². The summed E-state index contributed by atoms with van der Waals surface area (Å²) < 4.78 is 126. The van der Waals surface area contributed by atoms with E-state index in [-0.39, 0.29) is 17.9 Å². The maximum absolute atomic E-state index is 14.5. The number of nitrogens with zero attached hydrogens (tertiary/aromatic N) is 1. The highest BCUT2D eigenvalue weighted by molar-refractivity contribution is 7.86. The van der Waals surface area contributed by atoms with E-state index in [1.165, 1.54) is 14.2 Å². The van der Waals surface area contributed by atoms with E-state index in [2.05, 4.69) is 9.44 Å². The highest BCUT2D eigenvalue weighted by atomic mass is 32.2. The lowest BCUT2D eigenvalue weighted by Crippen LogP contribution is -2.38. The number of halogens is 6. The summed E-state index contributed by atoms with van der Waals surface area (Å²) >= 11 is 0. The minimum absolute atomic E-state index is 0.124. The van der Waals surface area contributed by atoms with E-state index in [0.717, 1.165) is 74.2 Å². The van der Waals surface area contributed by atoms with Crippen LogP contribution in [0.2, 0.25) is 0 Å². The van der Waals surface area contributed by atoms with Crippen molar-refractivity contribution in [1.29, 1.82) is 0 Å². The number of unbranched alkanes of at least 4 members (excludes halogenated alkanes) is 5. The molecule has 2 aromatic carbocycles. The summed E-state index contributed by atoms with van der Waals surface area (Å²) in [6, 6.07) is 8.38. The molecule has 6 nitrogen and oxygen atoms in total. The van der Waals surface area contributed by atoms with Gasteiger partial charge in [-0.3, -0.25) is 4.28 Å². The second kappa shape index (κ2) is 14.6. The van der Waals surface area contributed by atoms with E-state index in [0.29, 0.717) is 6.42 Å². The molecule has 0 fully saturated rings. The van der Waals surface area contributed by atoms with E-state index < -0.39 is 56.9 Å². The van der Waals surface area contributed by atoms with E-state index in [1.54, 1.807) is 0 Å². The predicted molar refractivity (Wildman–Crippen MR) is 139 cm³/mol. The summed E-state index contributed by atoms with van der Waals surface area (Å²) in [4.78, 5) is 0. The molecule has 0 spiro atoms. The van der Waals surface area contributed by atoms with Crippen molar-refractivity contribution in [2.45, 2.75) is 69.6 Å². The van der Waals surface area contributed by atoms with Crippen LogP contribution in [-0.2, 0) is 14.4 Å². The fourth-order valence-corrected chi connectivity index (χ4v) is 4.95. The van der Waals surface area contributed by atoms with Crippen LogP contribution in [0.1, 0.15) is 68.4 Å². The number of hydrogen-bond acceptors (Lipinski definition) is 6. The molecule has 13 heteroatoms.